The van der Waals surface area contributed by atoms with Crippen molar-refractivity contribution in [3.63, 3.8) is 0 Å². The first-order chi connectivity index (χ1) is 16.1. The molecule has 0 radical (unpaired) electrons. The van der Waals surface area contributed by atoms with Crippen molar-refractivity contribution in [2.45, 2.75) is 32.1 Å². The zero-order chi connectivity index (χ0) is 22.9. The fourth-order valence-electron chi connectivity index (χ4n) is 5.20. The number of carbonyl (C=O) groups is 1. The molecule has 2 atom stereocenters. The summed E-state index contributed by atoms with van der Waals surface area (Å²) in [6.45, 7) is 8.09. The van der Waals surface area contributed by atoms with Crippen LogP contribution in [0, 0.1) is 18.3 Å². The summed E-state index contributed by atoms with van der Waals surface area (Å²) in [5, 5.41) is 9.22. The molecule has 7 nitrogen and oxygen atoms in total. The normalized spacial score (nSPS) is 22.9. The Labute approximate surface area is 194 Å². The number of fused-ring (bicyclic) bond motifs is 2. The van der Waals surface area contributed by atoms with Gasteiger partial charge in [0.1, 0.15) is 18.4 Å². The highest BCUT2D eigenvalue weighted by atomic mass is 16.5. The molecule has 2 aromatic rings. The first-order valence-electron chi connectivity index (χ1n) is 11.5. The lowest BCUT2D eigenvalue weighted by Gasteiger charge is -2.46. The Morgan fingerprint density at radius 2 is 2.09 bits per heavy atom. The molecule has 0 aliphatic carbocycles. The maximum atomic E-state index is 11.8. The number of ether oxygens (including phenoxy) is 3. The zero-order valence-corrected chi connectivity index (χ0v) is 19.2. The maximum absolute atomic E-state index is 11.8. The van der Waals surface area contributed by atoms with Gasteiger partial charge >= 0.3 is 5.97 Å². The van der Waals surface area contributed by atoms with Crippen molar-refractivity contribution in [2.75, 3.05) is 46.4 Å². The molecule has 3 aliphatic rings. The Hall–Kier alpha value is -2.92. The van der Waals surface area contributed by atoms with Crippen LogP contribution in [-0.4, -0.2) is 68.3 Å². The van der Waals surface area contributed by atoms with Gasteiger partial charge in [-0.3, -0.25) is 4.90 Å². The molecule has 0 amide bonds. The summed E-state index contributed by atoms with van der Waals surface area (Å²) in [7, 11) is 1.59. The van der Waals surface area contributed by atoms with Gasteiger partial charge in [-0.2, -0.15) is 5.26 Å². The van der Waals surface area contributed by atoms with E-state index in [1.54, 1.807) is 7.11 Å². The number of nitriles is 1. The molecule has 0 unspecified atom stereocenters. The number of methoxy groups -OCH3 is 1. The molecule has 33 heavy (non-hydrogen) atoms. The van der Waals surface area contributed by atoms with Crippen LogP contribution in [0.25, 0.3) is 0 Å². The Kier molecular flexibility index (Phi) is 6.07. The maximum Gasteiger partial charge on any atom is 0.338 e. The molecule has 0 N–H and O–H groups in total. The number of piperazine rings is 1. The van der Waals surface area contributed by atoms with E-state index in [4.69, 9.17) is 14.2 Å². The number of rotatable bonds is 5. The molecule has 3 heterocycles. The van der Waals surface area contributed by atoms with E-state index < -0.39 is 0 Å². The Balaban J connectivity index is 1.18. The minimum atomic E-state index is -0.203. The molecular formula is C26H29N3O4. The predicted molar refractivity (Wildman–Crippen MR) is 122 cm³/mol. The van der Waals surface area contributed by atoms with E-state index in [1.807, 2.05) is 24.3 Å². The van der Waals surface area contributed by atoms with Crippen molar-refractivity contribution in [3.05, 3.63) is 63.7 Å². The van der Waals surface area contributed by atoms with Gasteiger partial charge < -0.3 is 19.1 Å². The second kappa shape index (κ2) is 9.14. The lowest BCUT2D eigenvalue weighted by Crippen LogP contribution is -2.58. The van der Waals surface area contributed by atoms with Gasteiger partial charge in [0.05, 0.1) is 30.9 Å². The van der Waals surface area contributed by atoms with Crippen molar-refractivity contribution in [1.82, 2.24) is 9.80 Å². The minimum Gasteiger partial charge on any atom is -0.495 e. The van der Waals surface area contributed by atoms with Crippen LogP contribution >= 0.6 is 0 Å². The zero-order valence-electron chi connectivity index (χ0n) is 19.2. The van der Waals surface area contributed by atoms with Crippen LogP contribution in [-0.2, 0) is 22.5 Å². The van der Waals surface area contributed by atoms with Gasteiger partial charge in [-0.25, -0.2) is 4.79 Å². The van der Waals surface area contributed by atoms with Crippen molar-refractivity contribution in [2.24, 2.45) is 0 Å². The highest BCUT2D eigenvalue weighted by molar-refractivity contribution is 5.93. The Bertz CT molecular complexity index is 1110. The number of benzene rings is 2. The Morgan fingerprint density at radius 1 is 1.21 bits per heavy atom. The third-order valence-corrected chi connectivity index (χ3v) is 7.27. The Morgan fingerprint density at radius 3 is 2.91 bits per heavy atom. The fraction of sp³-hybridized carbons (Fsp3) is 0.462. The van der Waals surface area contributed by atoms with Gasteiger partial charge in [-0.15, -0.1) is 0 Å². The standard InChI is InChI=1S/C26H29N3O4/c1-17-18(5-6-22-23(17)16-33-26(22)30)7-8-28-9-10-29-14-25(32-15-21(29)13-28)19-3-4-20(12-27)24(11-19)31-2/h3-6,11,21,25H,7-10,13-16H2,1-2H3/t21-,25-/m1/s1. The summed E-state index contributed by atoms with van der Waals surface area (Å²) < 4.78 is 16.8. The van der Waals surface area contributed by atoms with Gasteiger partial charge in [-0.1, -0.05) is 12.1 Å². The summed E-state index contributed by atoms with van der Waals surface area (Å²) in [6, 6.07) is 12.3. The number of hydrogen-bond donors (Lipinski definition) is 0. The first kappa shape index (κ1) is 21.9. The third-order valence-electron chi connectivity index (χ3n) is 7.27. The van der Waals surface area contributed by atoms with Crippen LogP contribution in [0.2, 0.25) is 0 Å². The quantitative estimate of drug-likeness (QED) is 0.653. The lowest BCUT2D eigenvalue weighted by molar-refractivity contribution is -0.0901. The largest absolute Gasteiger partial charge is 0.495 e. The monoisotopic (exact) mass is 447 g/mol. The van der Waals surface area contributed by atoms with Crippen molar-refractivity contribution >= 4 is 5.97 Å². The number of carbonyl (C=O) groups excluding carboxylic acids is 1. The van der Waals surface area contributed by atoms with Crippen LogP contribution in [0.4, 0.5) is 0 Å². The van der Waals surface area contributed by atoms with Gasteiger partial charge in [0.2, 0.25) is 0 Å². The molecule has 0 bridgehead atoms. The molecule has 3 aliphatic heterocycles. The number of nitrogens with zero attached hydrogens (tertiary/aromatic N) is 3. The molecule has 0 aromatic heterocycles. The van der Waals surface area contributed by atoms with E-state index in [0.29, 0.717) is 30.6 Å². The molecule has 2 fully saturated rings. The van der Waals surface area contributed by atoms with Crippen LogP contribution in [0.1, 0.15) is 44.3 Å². The third kappa shape index (κ3) is 4.22. The van der Waals surface area contributed by atoms with Gasteiger partial charge in [0, 0.05) is 44.3 Å². The summed E-state index contributed by atoms with van der Waals surface area (Å²) >= 11 is 0. The highest BCUT2D eigenvalue weighted by Crippen LogP contribution is 2.31. The average Bonchev–Trinajstić information content (AvgIpc) is 3.24. The lowest BCUT2D eigenvalue weighted by atomic mass is 9.96. The number of esters is 1. The molecule has 2 aromatic carbocycles. The SMILES string of the molecule is COc1cc([C@H]2CN3CCN(CCc4ccc5c(c4C)COC5=O)C[C@@H]3CO2)ccc1C#N. The molecule has 0 saturated carbocycles. The molecule has 2 saturated heterocycles. The summed E-state index contributed by atoms with van der Waals surface area (Å²) in [5.41, 5.74) is 5.86. The van der Waals surface area contributed by atoms with E-state index >= 15 is 0 Å². The molecule has 0 spiro atoms. The van der Waals surface area contributed by atoms with Crippen LogP contribution in [0.15, 0.2) is 30.3 Å². The summed E-state index contributed by atoms with van der Waals surface area (Å²) in [4.78, 5) is 16.8. The molecule has 5 rings (SSSR count). The number of morpholine rings is 1. The second-order valence-corrected chi connectivity index (χ2v) is 9.04. The smallest absolute Gasteiger partial charge is 0.338 e. The summed E-state index contributed by atoms with van der Waals surface area (Å²) in [6.07, 6.45) is 0.961. The molecule has 172 valence electrons. The molecular weight excluding hydrogens is 418 g/mol. The van der Waals surface area contributed by atoms with Gasteiger partial charge in [0.15, 0.2) is 0 Å². The van der Waals surface area contributed by atoms with E-state index in [1.165, 1.54) is 11.1 Å². The van der Waals surface area contributed by atoms with Crippen LogP contribution < -0.4 is 4.74 Å². The summed E-state index contributed by atoms with van der Waals surface area (Å²) in [5.74, 6) is 0.397. The highest BCUT2D eigenvalue weighted by Gasteiger charge is 2.34. The topological polar surface area (TPSA) is 75.0 Å². The van der Waals surface area contributed by atoms with Gasteiger partial charge in [0.25, 0.3) is 0 Å². The first-order valence-corrected chi connectivity index (χ1v) is 11.5. The van der Waals surface area contributed by atoms with Crippen molar-refractivity contribution in [1.29, 1.82) is 5.26 Å². The fourth-order valence-corrected chi connectivity index (χ4v) is 5.20. The van der Waals surface area contributed by atoms with Crippen molar-refractivity contribution < 1.29 is 19.0 Å². The average molecular weight is 448 g/mol. The van der Waals surface area contributed by atoms with Crippen LogP contribution in [0.3, 0.4) is 0 Å². The minimum absolute atomic E-state index is 0.00608. The number of cyclic esters (lactones) is 1. The number of hydrogen-bond acceptors (Lipinski definition) is 7. The van der Waals surface area contributed by atoms with Crippen LogP contribution in [0.5, 0.6) is 5.75 Å². The van der Waals surface area contributed by atoms with E-state index in [0.717, 1.165) is 55.8 Å². The van der Waals surface area contributed by atoms with E-state index in [9.17, 15) is 10.1 Å². The predicted octanol–water partition coefficient (Wildman–Crippen LogP) is 2.85. The van der Waals surface area contributed by atoms with Crippen molar-refractivity contribution in [3.8, 4) is 11.8 Å². The van der Waals surface area contributed by atoms with E-state index in [2.05, 4.69) is 28.9 Å². The van der Waals surface area contributed by atoms with E-state index in [-0.39, 0.29) is 12.1 Å². The second-order valence-electron chi connectivity index (χ2n) is 9.04. The van der Waals surface area contributed by atoms with Gasteiger partial charge in [-0.05, 0) is 48.2 Å². The molecule has 7 heteroatoms.